The van der Waals surface area contributed by atoms with Crippen molar-refractivity contribution < 1.29 is 32.6 Å². The molecule has 0 spiro atoms. The Morgan fingerprint density at radius 3 is 2.48 bits per heavy atom. The van der Waals surface area contributed by atoms with Gasteiger partial charge in [0, 0.05) is 6.07 Å². The van der Waals surface area contributed by atoms with Gasteiger partial charge in [-0.1, -0.05) is 0 Å². The Labute approximate surface area is 117 Å². The Balaban J connectivity index is 2.12. The van der Waals surface area contributed by atoms with Gasteiger partial charge in [0.15, 0.2) is 5.75 Å². The Morgan fingerprint density at radius 1 is 1.29 bits per heavy atom. The molecule has 0 radical (unpaired) electrons. The van der Waals surface area contributed by atoms with Crippen molar-refractivity contribution >= 4 is 17.6 Å². The number of nitrogens with one attached hydrogen (secondary N) is 1. The number of hydrogen-bond donors (Lipinski definition) is 2. The van der Waals surface area contributed by atoms with Gasteiger partial charge in [-0.3, -0.25) is 9.59 Å². The molecule has 0 aliphatic heterocycles. The highest BCUT2D eigenvalue weighted by Crippen LogP contribution is 2.36. The number of carbonyl (C=O) groups excluding carboxylic acids is 1. The Kier molecular flexibility index (Phi) is 4.35. The number of rotatable bonds is 5. The van der Waals surface area contributed by atoms with E-state index in [1.54, 1.807) is 0 Å². The molecule has 5 nitrogen and oxygen atoms in total. The summed E-state index contributed by atoms with van der Waals surface area (Å²) in [5.74, 6) is -4.51. The molecule has 0 saturated heterocycles. The first-order valence-electron chi connectivity index (χ1n) is 6.16. The maximum atomic E-state index is 13.0. The summed E-state index contributed by atoms with van der Waals surface area (Å²) in [6.07, 6.45) is 0.784. The van der Waals surface area contributed by atoms with Crippen LogP contribution in [-0.4, -0.2) is 23.6 Å². The quantitative estimate of drug-likeness (QED) is 0.876. The fraction of sp³-hybridized carbons (Fsp3) is 0.385. The van der Waals surface area contributed by atoms with E-state index in [1.807, 2.05) is 0 Å². The number of amides is 1. The van der Waals surface area contributed by atoms with Crippen molar-refractivity contribution in [2.24, 2.45) is 11.8 Å². The topological polar surface area (TPSA) is 75.6 Å². The van der Waals surface area contributed by atoms with Crippen LogP contribution < -0.4 is 10.1 Å². The summed E-state index contributed by atoms with van der Waals surface area (Å²) < 4.78 is 41.6. The van der Waals surface area contributed by atoms with E-state index in [-0.39, 0.29) is 5.69 Å². The zero-order valence-corrected chi connectivity index (χ0v) is 10.7. The summed E-state index contributed by atoms with van der Waals surface area (Å²) in [4.78, 5) is 22.8. The lowest BCUT2D eigenvalue weighted by Gasteiger charge is -2.32. The van der Waals surface area contributed by atoms with E-state index >= 15 is 0 Å². The van der Waals surface area contributed by atoms with Crippen LogP contribution in [0, 0.1) is 17.7 Å². The molecular formula is C13H12F3NO4. The summed E-state index contributed by atoms with van der Waals surface area (Å²) in [5.41, 5.74) is -0.127. The van der Waals surface area contributed by atoms with Crippen molar-refractivity contribution in [2.75, 3.05) is 5.32 Å². The molecule has 114 valence electrons. The molecule has 8 heteroatoms. The van der Waals surface area contributed by atoms with E-state index in [4.69, 9.17) is 5.11 Å². The van der Waals surface area contributed by atoms with Gasteiger partial charge in [-0.05, 0) is 25.0 Å². The predicted octanol–water partition coefficient (Wildman–Crippen LogP) is 2.48. The van der Waals surface area contributed by atoms with E-state index in [0.29, 0.717) is 12.8 Å². The number of alkyl halides is 2. The van der Waals surface area contributed by atoms with Gasteiger partial charge in [0.05, 0.1) is 17.5 Å². The van der Waals surface area contributed by atoms with Crippen molar-refractivity contribution in [3.8, 4) is 5.75 Å². The maximum Gasteiger partial charge on any atom is 0.387 e. The van der Waals surface area contributed by atoms with Gasteiger partial charge in [0.1, 0.15) is 5.82 Å². The number of halogens is 3. The third kappa shape index (κ3) is 3.45. The van der Waals surface area contributed by atoms with Crippen LogP contribution in [0.3, 0.4) is 0 Å². The molecule has 2 rings (SSSR count). The van der Waals surface area contributed by atoms with E-state index in [1.165, 1.54) is 0 Å². The average molecular weight is 303 g/mol. The van der Waals surface area contributed by atoms with Crippen LogP contribution in [0.5, 0.6) is 5.75 Å². The van der Waals surface area contributed by atoms with Crippen LogP contribution in [0.2, 0.25) is 0 Å². The largest absolute Gasteiger partial charge is 0.481 e. The molecule has 21 heavy (non-hydrogen) atoms. The standard InChI is InChI=1S/C13H12F3NO4/c14-6-1-4-9(10(5-6)21-13(15)16)17-11(18)7-2-3-8(7)12(19)20/h1,4-5,7-8,13H,2-3H2,(H,17,18)(H,19,20). The van der Waals surface area contributed by atoms with E-state index < -0.39 is 41.9 Å². The van der Waals surface area contributed by atoms with Crippen molar-refractivity contribution in [1.29, 1.82) is 0 Å². The highest BCUT2D eigenvalue weighted by atomic mass is 19.3. The lowest BCUT2D eigenvalue weighted by molar-refractivity contribution is -0.151. The number of hydrogen-bond acceptors (Lipinski definition) is 3. The first kappa shape index (κ1) is 15.1. The number of anilines is 1. The highest BCUT2D eigenvalue weighted by Gasteiger charge is 2.41. The molecule has 2 unspecified atom stereocenters. The van der Waals surface area contributed by atoms with Gasteiger partial charge < -0.3 is 15.2 Å². The number of benzene rings is 1. The van der Waals surface area contributed by atoms with E-state index in [0.717, 1.165) is 18.2 Å². The second-order valence-electron chi connectivity index (χ2n) is 4.64. The van der Waals surface area contributed by atoms with Crippen molar-refractivity contribution in [1.82, 2.24) is 0 Å². The monoisotopic (exact) mass is 303 g/mol. The summed E-state index contributed by atoms with van der Waals surface area (Å²) in [5, 5.41) is 11.2. The minimum absolute atomic E-state index is 0.127. The molecule has 0 bridgehead atoms. The fourth-order valence-electron chi connectivity index (χ4n) is 2.13. The van der Waals surface area contributed by atoms with Crippen molar-refractivity contribution in [2.45, 2.75) is 19.5 Å². The highest BCUT2D eigenvalue weighted by molar-refractivity contribution is 5.97. The number of aliphatic carboxylic acids is 1. The van der Waals surface area contributed by atoms with Gasteiger partial charge in [-0.2, -0.15) is 8.78 Å². The van der Waals surface area contributed by atoms with Gasteiger partial charge in [-0.15, -0.1) is 0 Å². The van der Waals surface area contributed by atoms with Crippen molar-refractivity contribution in [3.63, 3.8) is 0 Å². The van der Waals surface area contributed by atoms with Crippen molar-refractivity contribution in [3.05, 3.63) is 24.0 Å². The number of carbonyl (C=O) groups is 2. The molecule has 1 aliphatic carbocycles. The molecule has 2 N–H and O–H groups in total. The Hall–Kier alpha value is -2.25. The number of ether oxygens (including phenoxy) is 1. The lowest BCUT2D eigenvalue weighted by atomic mass is 9.73. The molecule has 1 aromatic rings. The minimum atomic E-state index is -3.17. The van der Waals surface area contributed by atoms with E-state index in [2.05, 4.69) is 10.1 Å². The Bertz CT molecular complexity index is 564. The molecule has 1 aliphatic rings. The summed E-state index contributed by atoms with van der Waals surface area (Å²) in [6, 6.07) is 2.78. The van der Waals surface area contributed by atoms with Gasteiger partial charge in [0.25, 0.3) is 0 Å². The molecule has 1 saturated carbocycles. The fourth-order valence-corrected chi connectivity index (χ4v) is 2.13. The zero-order chi connectivity index (χ0) is 15.6. The van der Waals surface area contributed by atoms with Gasteiger partial charge >= 0.3 is 12.6 Å². The molecule has 0 aromatic heterocycles. The summed E-state index contributed by atoms with van der Waals surface area (Å²) in [7, 11) is 0. The zero-order valence-electron chi connectivity index (χ0n) is 10.7. The second-order valence-corrected chi connectivity index (χ2v) is 4.64. The first-order valence-corrected chi connectivity index (χ1v) is 6.16. The molecule has 2 atom stereocenters. The number of carboxylic acids is 1. The smallest absolute Gasteiger partial charge is 0.387 e. The van der Waals surface area contributed by atoms with Crippen LogP contribution in [0.25, 0.3) is 0 Å². The second kappa shape index (κ2) is 6.02. The van der Waals surface area contributed by atoms with Crippen LogP contribution in [0.4, 0.5) is 18.9 Å². The SMILES string of the molecule is O=C(O)C1CCC1C(=O)Nc1ccc(F)cc1OC(F)F. The average Bonchev–Trinajstić information content (AvgIpc) is 2.29. The molecular weight excluding hydrogens is 291 g/mol. The summed E-state index contributed by atoms with van der Waals surface area (Å²) >= 11 is 0. The van der Waals surface area contributed by atoms with Crippen LogP contribution in [0.15, 0.2) is 18.2 Å². The predicted molar refractivity (Wildman–Crippen MR) is 65.5 cm³/mol. The van der Waals surface area contributed by atoms with Crippen LogP contribution >= 0.6 is 0 Å². The minimum Gasteiger partial charge on any atom is -0.481 e. The summed E-state index contributed by atoms with van der Waals surface area (Å²) in [6.45, 7) is -3.17. The molecule has 1 amide bonds. The Morgan fingerprint density at radius 2 is 1.95 bits per heavy atom. The third-order valence-electron chi connectivity index (χ3n) is 3.35. The third-order valence-corrected chi connectivity index (χ3v) is 3.35. The van der Waals surface area contributed by atoms with Gasteiger partial charge in [0.2, 0.25) is 5.91 Å². The lowest BCUT2D eigenvalue weighted by Crippen LogP contribution is -2.41. The maximum absolute atomic E-state index is 13.0. The van der Waals surface area contributed by atoms with Crippen LogP contribution in [-0.2, 0) is 9.59 Å². The molecule has 1 aromatic carbocycles. The van der Waals surface area contributed by atoms with Gasteiger partial charge in [-0.25, -0.2) is 4.39 Å². The van der Waals surface area contributed by atoms with Crippen LogP contribution in [0.1, 0.15) is 12.8 Å². The molecule has 0 heterocycles. The normalized spacial score (nSPS) is 20.8. The first-order chi connectivity index (χ1) is 9.88. The number of carboxylic acid groups (broad SMARTS) is 1. The molecule has 1 fully saturated rings. The van der Waals surface area contributed by atoms with E-state index in [9.17, 15) is 22.8 Å².